The molecule has 0 amide bonds. The van der Waals surface area contributed by atoms with Gasteiger partial charge in [0, 0.05) is 0 Å². The molecule has 0 unspecified atom stereocenters. The Morgan fingerprint density at radius 1 is 0.560 bits per heavy atom. The molecule has 0 aliphatic carbocycles. The average Bonchev–Trinajstić information content (AvgIpc) is 2.60. The Hall–Kier alpha value is -1.34. The van der Waals surface area contributed by atoms with Gasteiger partial charge in [-0.05, 0) is 55.4 Å². The molecule has 0 saturated carbocycles. The van der Waals surface area contributed by atoms with Crippen LogP contribution in [0.1, 0.15) is 55.4 Å². The summed E-state index contributed by atoms with van der Waals surface area (Å²) in [7, 11) is 0. The van der Waals surface area contributed by atoms with Gasteiger partial charge >= 0.3 is 0 Å². The van der Waals surface area contributed by atoms with Crippen LogP contribution in [0.5, 0.6) is 0 Å². The van der Waals surface area contributed by atoms with Crippen molar-refractivity contribution in [3.05, 3.63) is 0 Å². The maximum Gasteiger partial charge on any atom is 0.259 e. The third-order valence-electron chi connectivity index (χ3n) is 5.53. The summed E-state index contributed by atoms with van der Waals surface area (Å²) < 4.78 is 5.42. The molecule has 0 radical (unpaired) electrons. The topological polar surface area (TPSA) is 89.5 Å². The minimum absolute atomic E-state index is 1.28. The Morgan fingerprint density at radius 2 is 0.720 bits per heavy atom. The predicted octanol–water partition coefficient (Wildman–Crippen LogP) is 1.46. The van der Waals surface area contributed by atoms with E-state index in [-0.39, 0.29) is 0 Å². The van der Waals surface area contributed by atoms with Crippen LogP contribution in [0.25, 0.3) is 0 Å². The smallest absolute Gasteiger partial charge is 0.259 e. The molecule has 0 rings (SSSR count). The van der Waals surface area contributed by atoms with Gasteiger partial charge in [-0.3, -0.25) is 0 Å². The molecule has 0 spiro atoms. The monoisotopic (exact) mass is 364 g/mol. The number of ether oxygens (including phenoxy) is 1. The third kappa shape index (κ3) is 13.6. The summed E-state index contributed by atoms with van der Waals surface area (Å²) in [6.07, 6.45) is -4.25. The zero-order chi connectivity index (χ0) is 20.5. The molecule has 0 bridgehead atoms. The molecule has 0 heterocycles. The van der Waals surface area contributed by atoms with Crippen molar-refractivity contribution >= 4 is 12.3 Å². The first-order valence-corrected chi connectivity index (χ1v) is 9.41. The number of quaternary nitrogens is 2. The zero-order valence-electron chi connectivity index (χ0n) is 17.6. The Balaban J connectivity index is -0.000000293. The van der Waals surface area contributed by atoms with Gasteiger partial charge in [0.1, 0.15) is 0 Å². The summed E-state index contributed by atoms with van der Waals surface area (Å²) in [4.78, 5) is 18.1. The van der Waals surface area contributed by atoms with Crippen LogP contribution in [0.3, 0.4) is 0 Å². The molecule has 0 aromatic rings. The van der Waals surface area contributed by atoms with Gasteiger partial charge in [-0.1, -0.05) is 0 Å². The van der Waals surface area contributed by atoms with E-state index in [9.17, 15) is 0 Å². The second-order valence-electron chi connectivity index (χ2n) is 5.82. The van der Waals surface area contributed by atoms with Crippen LogP contribution in [0.2, 0.25) is 0 Å². The van der Waals surface area contributed by atoms with Crippen molar-refractivity contribution in [3.8, 4) is 0 Å². The van der Waals surface area contributed by atoms with Crippen molar-refractivity contribution in [3.63, 3.8) is 0 Å². The molecule has 0 aliphatic rings. The molecule has 0 aromatic heterocycles. The quantitative estimate of drug-likeness (QED) is 0.369. The molecule has 0 aliphatic heterocycles. The summed E-state index contributed by atoms with van der Waals surface area (Å²) in [6, 6.07) is 0. The van der Waals surface area contributed by atoms with Gasteiger partial charge in [-0.25, -0.2) is 0 Å². The summed E-state index contributed by atoms with van der Waals surface area (Å²) in [5.74, 6) is 0. The number of nitrogens with zero attached hydrogens (tertiary/aromatic N) is 2. The molecule has 7 nitrogen and oxygen atoms in total. The van der Waals surface area contributed by atoms with Crippen LogP contribution in [-0.2, 0) is 4.74 Å². The van der Waals surface area contributed by atoms with E-state index in [0.29, 0.717) is 0 Å². The third-order valence-corrected chi connectivity index (χ3v) is 5.53. The largest absolute Gasteiger partial charge is 0.483 e. The molecule has 0 saturated heterocycles. The Kier molecular flexibility index (Phi) is 18.4. The lowest BCUT2D eigenvalue weighted by Gasteiger charge is -2.34. The molecule has 7 heteroatoms. The van der Waals surface area contributed by atoms with E-state index < -0.39 is 12.3 Å². The normalized spacial score (nSPS) is 10.7. The first-order chi connectivity index (χ1) is 11.6. The fraction of sp³-hybridized carbons (Fsp3) is 0.889. The number of hydrogen-bond acceptors (Lipinski definition) is 5. The maximum atomic E-state index is 9.06. The molecule has 0 aromatic carbocycles. The minimum Gasteiger partial charge on any atom is -0.483 e. The SMILES string of the molecule is CC[N+](CC)(CC)CC.CC[N+](CC)(CC)CC.O=C([O-])OC(=O)[O-]. The highest BCUT2D eigenvalue weighted by molar-refractivity contribution is 5.71. The van der Waals surface area contributed by atoms with Crippen LogP contribution in [0.15, 0.2) is 0 Å². The van der Waals surface area contributed by atoms with E-state index in [2.05, 4.69) is 60.1 Å². The number of hydrogen-bond donors (Lipinski definition) is 0. The van der Waals surface area contributed by atoms with Crippen molar-refractivity contribution in [2.45, 2.75) is 55.4 Å². The number of rotatable bonds is 8. The van der Waals surface area contributed by atoms with Crippen LogP contribution in [0.4, 0.5) is 9.59 Å². The fourth-order valence-corrected chi connectivity index (χ4v) is 2.75. The van der Waals surface area contributed by atoms with Crippen LogP contribution < -0.4 is 10.2 Å². The molecule has 0 atom stereocenters. The highest BCUT2D eigenvalue weighted by Crippen LogP contribution is 2.03. The lowest BCUT2D eigenvalue weighted by Crippen LogP contribution is -2.47. The predicted molar refractivity (Wildman–Crippen MR) is 96.7 cm³/mol. The zero-order valence-corrected chi connectivity index (χ0v) is 17.6. The van der Waals surface area contributed by atoms with E-state index >= 15 is 0 Å². The fourth-order valence-electron chi connectivity index (χ4n) is 2.75. The van der Waals surface area contributed by atoms with Crippen LogP contribution in [0, 0.1) is 0 Å². The van der Waals surface area contributed by atoms with Gasteiger partial charge in [0.05, 0.1) is 52.4 Å². The van der Waals surface area contributed by atoms with E-state index in [1.165, 1.54) is 61.3 Å². The van der Waals surface area contributed by atoms with Gasteiger partial charge in [-0.2, -0.15) is 0 Å². The van der Waals surface area contributed by atoms with Gasteiger partial charge < -0.3 is 33.5 Å². The highest BCUT2D eigenvalue weighted by atomic mass is 16.7. The van der Waals surface area contributed by atoms with Crippen molar-refractivity contribution in [1.82, 2.24) is 0 Å². The summed E-state index contributed by atoms with van der Waals surface area (Å²) >= 11 is 0. The Bertz CT molecular complexity index is 273. The van der Waals surface area contributed by atoms with Crippen LogP contribution in [-0.4, -0.2) is 73.6 Å². The van der Waals surface area contributed by atoms with E-state index in [1.807, 2.05) is 0 Å². The first-order valence-electron chi connectivity index (χ1n) is 9.41. The lowest BCUT2D eigenvalue weighted by molar-refractivity contribution is -0.921. The van der Waals surface area contributed by atoms with Gasteiger partial charge in [-0.15, -0.1) is 0 Å². The Labute approximate surface area is 154 Å². The van der Waals surface area contributed by atoms with Gasteiger partial charge in [0.15, 0.2) is 0 Å². The lowest BCUT2D eigenvalue weighted by atomic mass is 10.3. The second-order valence-corrected chi connectivity index (χ2v) is 5.82. The average molecular weight is 365 g/mol. The standard InChI is InChI=1S/2C8H20N.C2H2O5/c2*1-5-9(6-2,7-3)8-4;3-1(4)7-2(5)6/h2*5-8H2,1-4H3;(H,3,4)(H,5,6)/q2*+1;/p-2. The molecular weight excluding hydrogens is 324 g/mol. The van der Waals surface area contributed by atoms with Crippen molar-refractivity contribution in [2.24, 2.45) is 0 Å². The van der Waals surface area contributed by atoms with Crippen molar-refractivity contribution < 1.29 is 33.5 Å². The summed E-state index contributed by atoms with van der Waals surface area (Å²) in [5.41, 5.74) is 0. The van der Waals surface area contributed by atoms with Gasteiger partial charge in [0.2, 0.25) is 0 Å². The van der Waals surface area contributed by atoms with Crippen molar-refractivity contribution in [1.29, 1.82) is 0 Å². The minimum atomic E-state index is -2.12. The molecule has 25 heavy (non-hydrogen) atoms. The van der Waals surface area contributed by atoms with E-state index in [4.69, 9.17) is 19.8 Å². The maximum absolute atomic E-state index is 9.06. The van der Waals surface area contributed by atoms with Gasteiger partial charge in [0.25, 0.3) is 12.3 Å². The highest BCUT2D eigenvalue weighted by Gasteiger charge is 2.16. The number of carbonyl (C=O) groups is 2. The Morgan fingerprint density at radius 3 is 0.720 bits per heavy atom. The second kappa shape index (κ2) is 16.1. The van der Waals surface area contributed by atoms with Crippen molar-refractivity contribution in [2.75, 3.05) is 52.4 Å². The van der Waals surface area contributed by atoms with E-state index in [1.54, 1.807) is 0 Å². The first kappa shape index (κ1) is 28.5. The summed E-state index contributed by atoms with van der Waals surface area (Å²) in [6.45, 7) is 28.4. The summed E-state index contributed by atoms with van der Waals surface area (Å²) in [5, 5.41) is 18.1. The number of carboxylic acid groups (broad SMARTS) is 2. The molecule has 0 fully saturated rings. The molecule has 0 N–H and O–H groups in total. The molecule has 152 valence electrons. The van der Waals surface area contributed by atoms with E-state index in [0.717, 1.165) is 0 Å². The molecular formula is C18H40N2O5. The number of carbonyl (C=O) groups excluding carboxylic acids is 2. The van der Waals surface area contributed by atoms with Crippen LogP contribution >= 0.6 is 0 Å².